The maximum absolute atomic E-state index is 12.4. The number of nitrogens with one attached hydrogen (secondary N) is 1. The summed E-state index contributed by atoms with van der Waals surface area (Å²) in [7, 11) is -4.19. The van der Waals surface area contributed by atoms with E-state index in [9.17, 15) is 26.4 Å². The van der Waals surface area contributed by atoms with Crippen molar-refractivity contribution in [3.63, 3.8) is 0 Å². The van der Waals surface area contributed by atoms with Crippen LogP contribution < -0.4 is 9.50 Å². The number of rotatable bonds is 6. The molecule has 158 valence electrons. The zero-order valence-corrected chi connectivity index (χ0v) is 17.1. The summed E-state index contributed by atoms with van der Waals surface area (Å²) in [6.45, 7) is 0.390. The summed E-state index contributed by atoms with van der Waals surface area (Å²) in [6, 6.07) is 10.7. The zero-order chi connectivity index (χ0) is 21.9. The highest BCUT2D eigenvalue weighted by Crippen LogP contribution is 2.27. The predicted octanol–water partition coefficient (Wildman–Crippen LogP) is 4.18. The van der Waals surface area contributed by atoms with Crippen LogP contribution in [0.25, 0.3) is 10.6 Å². The maximum Gasteiger partial charge on any atom is 0.405 e. The number of amides is 1. The van der Waals surface area contributed by atoms with Crippen molar-refractivity contribution < 1.29 is 30.6 Å². The van der Waals surface area contributed by atoms with Crippen LogP contribution in [0.5, 0.6) is 5.75 Å². The van der Waals surface area contributed by atoms with E-state index >= 15 is 0 Å². The number of thiazole rings is 1. The molecule has 1 aromatic heterocycles. The number of halogens is 3. The van der Waals surface area contributed by atoms with E-state index in [0.717, 1.165) is 40.5 Å². The number of carbonyl (C=O) groups excluding carboxylic acids is 1. The molecule has 0 saturated carbocycles. The number of nitrogens with zero attached hydrogens (tertiary/aromatic N) is 1. The maximum atomic E-state index is 12.4. The smallest absolute Gasteiger partial charge is 0.379 e. The molecule has 2 aromatic carbocycles. The summed E-state index contributed by atoms with van der Waals surface area (Å²) < 4.78 is 66.4. The number of aryl methyl sites for hydroxylation is 1. The van der Waals surface area contributed by atoms with Crippen LogP contribution in [0.4, 0.5) is 13.2 Å². The largest absolute Gasteiger partial charge is 0.405 e. The highest BCUT2D eigenvalue weighted by atomic mass is 32.2. The summed E-state index contributed by atoms with van der Waals surface area (Å²) in [6.07, 6.45) is -4.54. The second kappa shape index (κ2) is 8.44. The number of alkyl halides is 3. The molecule has 0 atom stereocenters. The molecule has 3 aromatic rings. The van der Waals surface area contributed by atoms with Crippen LogP contribution in [0.15, 0.2) is 58.8 Å². The van der Waals surface area contributed by atoms with Gasteiger partial charge in [-0.15, -0.1) is 11.3 Å². The number of hydrogen-bond acceptors (Lipinski definition) is 6. The van der Waals surface area contributed by atoms with E-state index in [1.165, 1.54) is 23.5 Å². The average Bonchev–Trinajstić information content (AvgIpc) is 3.12. The molecule has 1 heterocycles. The Morgan fingerprint density at radius 3 is 2.27 bits per heavy atom. The molecule has 0 bridgehead atoms. The molecule has 0 spiro atoms. The molecule has 0 fully saturated rings. The molecule has 6 nitrogen and oxygen atoms in total. The molecule has 3 rings (SSSR count). The second-order valence-corrected chi connectivity index (χ2v) is 8.58. The SMILES string of the molecule is Cc1csc(-c2ccc(OS(=O)(=O)c3ccc(C(=O)NCC(F)(F)F)cc3)cc2)n1. The van der Waals surface area contributed by atoms with E-state index in [2.05, 4.69) is 4.98 Å². The average molecular weight is 456 g/mol. The minimum Gasteiger partial charge on any atom is -0.379 e. The van der Waals surface area contributed by atoms with E-state index < -0.39 is 28.7 Å². The topological polar surface area (TPSA) is 85.4 Å². The Kier molecular flexibility index (Phi) is 6.13. The van der Waals surface area contributed by atoms with E-state index in [-0.39, 0.29) is 16.2 Å². The van der Waals surface area contributed by atoms with Gasteiger partial charge in [-0.1, -0.05) is 0 Å². The Bertz CT molecular complexity index is 1140. The van der Waals surface area contributed by atoms with Crippen LogP contribution >= 0.6 is 11.3 Å². The lowest BCUT2D eigenvalue weighted by atomic mass is 10.2. The monoisotopic (exact) mass is 456 g/mol. The molecule has 11 heteroatoms. The fourth-order valence-electron chi connectivity index (χ4n) is 2.37. The molecule has 0 aliphatic rings. The van der Waals surface area contributed by atoms with E-state index in [1.54, 1.807) is 17.4 Å². The van der Waals surface area contributed by atoms with Gasteiger partial charge in [-0.25, -0.2) is 4.98 Å². The zero-order valence-electron chi connectivity index (χ0n) is 15.4. The van der Waals surface area contributed by atoms with Gasteiger partial charge >= 0.3 is 16.3 Å². The Morgan fingerprint density at radius 1 is 1.10 bits per heavy atom. The third kappa shape index (κ3) is 5.57. The summed E-state index contributed by atoms with van der Waals surface area (Å²) in [5.41, 5.74) is 1.59. The van der Waals surface area contributed by atoms with Crippen LogP contribution in [0, 0.1) is 6.92 Å². The number of hydrogen-bond donors (Lipinski definition) is 1. The minimum absolute atomic E-state index is 0.0824. The summed E-state index contributed by atoms with van der Waals surface area (Å²) in [5.74, 6) is -0.885. The summed E-state index contributed by atoms with van der Waals surface area (Å²) in [5, 5.41) is 4.40. The quantitative estimate of drug-likeness (QED) is 0.563. The van der Waals surface area contributed by atoms with Gasteiger partial charge in [0.25, 0.3) is 5.91 Å². The minimum atomic E-state index is -4.54. The summed E-state index contributed by atoms with van der Waals surface area (Å²) in [4.78, 5) is 15.8. The standard InChI is InChI=1S/C19H15F3N2O4S2/c1-12-10-29-18(24-12)14-2-6-15(7-3-14)28-30(26,27)16-8-4-13(5-9-16)17(25)23-11-19(20,21)22/h2-10H,11H2,1H3,(H,23,25). The molecule has 0 unspecified atom stereocenters. The molecule has 0 radical (unpaired) electrons. The Morgan fingerprint density at radius 2 is 1.73 bits per heavy atom. The van der Waals surface area contributed by atoms with Crippen molar-refractivity contribution in [2.24, 2.45) is 0 Å². The van der Waals surface area contributed by atoms with Gasteiger partial charge in [-0.3, -0.25) is 4.79 Å². The molecular formula is C19H15F3N2O4S2. The summed E-state index contributed by atoms with van der Waals surface area (Å²) >= 11 is 1.46. The fraction of sp³-hybridized carbons (Fsp3) is 0.158. The molecule has 1 amide bonds. The second-order valence-electron chi connectivity index (χ2n) is 6.18. The lowest BCUT2D eigenvalue weighted by Gasteiger charge is -2.10. The van der Waals surface area contributed by atoms with Gasteiger partial charge in [0.15, 0.2) is 0 Å². The van der Waals surface area contributed by atoms with Crippen LogP contribution in [0.2, 0.25) is 0 Å². The lowest BCUT2D eigenvalue weighted by Crippen LogP contribution is -2.33. The first-order valence-electron chi connectivity index (χ1n) is 8.45. The van der Waals surface area contributed by atoms with E-state index in [0.29, 0.717) is 0 Å². The van der Waals surface area contributed by atoms with Crippen molar-refractivity contribution in [2.75, 3.05) is 6.54 Å². The van der Waals surface area contributed by atoms with Crippen molar-refractivity contribution in [2.45, 2.75) is 18.0 Å². The molecule has 1 N–H and O–H groups in total. The lowest BCUT2D eigenvalue weighted by molar-refractivity contribution is -0.123. The van der Waals surface area contributed by atoms with Crippen molar-refractivity contribution in [1.29, 1.82) is 0 Å². The van der Waals surface area contributed by atoms with Gasteiger partial charge in [-0.2, -0.15) is 21.6 Å². The van der Waals surface area contributed by atoms with Crippen LogP contribution in [0.1, 0.15) is 16.1 Å². The predicted molar refractivity (Wildman–Crippen MR) is 105 cm³/mol. The highest BCUT2D eigenvalue weighted by molar-refractivity contribution is 7.87. The first-order valence-corrected chi connectivity index (χ1v) is 10.7. The van der Waals surface area contributed by atoms with Crippen LogP contribution in [-0.4, -0.2) is 32.0 Å². The van der Waals surface area contributed by atoms with Crippen molar-refractivity contribution in [1.82, 2.24) is 10.3 Å². The van der Waals surface area contributed by atoms with Gasteiger partial charge < -0.3 is 9.50 Å². The highest BCUT2D eigenvalue weighted by Gasteiger charge is 2.28. The van der Waals surface area contributed by atoms with Crippen molar-refractivity contribution in [3.8, 4) is 16.3 Å². The van der Waals surface area contributed by atoms with Gasteiger partial charge in [-0.05, 0) is 55.5 Å². The fourth-order valence-corrected chi connectivity index (χ4v) is 4.10. The van der Waals surface area contributed by atoms with E-state index in [1.807, 2.05) is 12.3 Å². The van der Waals surface area contributed by atoms with Gasteiger partial charge in [0.1, 0.15) is 22.2 Å². The molecule has 0 aliphatic carbocycles. The third-order valence-corrected chi connectivity index (χ3v) is 6.05. The normalized spacial score (nSPS) is 11.9. The third-order valence-electron chi connectivity index (χ3n) is 3.78. The van der Waals surface area contributed by atoms with Gasteiger partial charge in [0, 0.05) is 22.2 Å². The van der Waals surface area contributed by atoms with Crippen LogP contribution in [0.3, 0.4) is 0 Å². The number of benzene rings is 2. The van der Waals surface area contributed by atoms with Gasteiger partial charge in [0.2, 0.25) is 0 Å². The van der Waals surface area contributed by atoms with E-state index in [4.69, 9.17) is 4.18 Å². The Labute approximate surface area is 174 Å². The Hall–Kier alpha value is -2.92. The number of carbonyl (C=O) groups is 1. The van der Waals surface area contributed by atoms with Crippen molar-refractivity contribution in [3.05, 3.63) is 65.2 Å². The van der Waals surface area contributed by atoms with Gasteiger partial charge in [0.05, 0.1) is 0 Å². The number of aromatic nitrogens is 1. The molecule has 0 saturated heterocycles. The first kappa shape index (κ1) is 21.8. The van der Waals surface area contributed by atoms with Crippen molar-refractivity contribution >= 4 is 27.4 Å². The molecule has 0 aliphatic heterocycles. The van der Waals surface area contributed by atoms with Crippen LogP contribution in [-0.2, 0) is 10.1 Å². The Balaban J connectivity index is 1.69. The molecular weight excluding hydrogens is 441 g/mol. The first-order chi connectivity index (χ1) is 14.0. The molecule has 30 heavy (non-hydrogen) atoms.